The van der Waals surface area contributed by atoms with Crippen molar-refractivity contribution in [2.45, 2.75) is 349 Å². The van der Waals surface area contributed by atoms with Gasteiger partial charge < -0.3 is 125 Å². The number of likely N-dealkylation sites (tertiary alicyclic amines) is 2. The van der Waals surface area contributed by atoms with Crippen LogP contribution >= 0.6 is 25.3 Å². The standard InChI is InChI=1S/C88H163N25O16S2/c1-17-47(9)63(91)78(121)108-69(53(15)23-7)84(127)110-66(50(12)20-4)80(123)104-60(46-131)75(118)100-56(36-30-42-98-88(95)96)73(116)101-57(33-25-27-39-89)85(128)112-43-31-37-61(112)76(119)106-67(51(13)21-5)82(125)109-65(49(11)19-3)79(122)103-59(45-130)74(117)99-55(35-29-41-97-87(93)94)72(115)102-58(34-26-28-40-90)86(129)113-44-32-38-62(113)77(120)107-68(52(14)22-6)83(126)111-70(54(16)24-8)81(124)105-64(71(92)114)48(10)18-2/h47-70,130-131H,17-46,89-91H2,1-16H3,(H2,92,114)(H,99,117)(H,100,118)(H,101,116)(H,102,115)(H,103,122)(H,104,123)(H,105,124)(H,106,119)(H,107,120)(H,108,121)(H,109,125)(H,110,127)(H,111,126)(H4,93,94,97)(H4,95,96,98)/t47-,48-,49-,50-,51-,52-,53-,54-,55-,56-,57-,58-,59-,60-,61-,62-,63-,64-,65-,66-,67-,68-,69-,70-/m0/s1. The summed E-state index contributed by atoms with van der Waals surface area (Å²) in [4.78, 5) is 241. The van der Waals surface area contributed by atoms with Crippen molar-refractivity contribution in [3.8, 4) is 0 Å². The van der Waals surface area contributed by atoms with Crippen molar-refractivity contribution in [2.24, 2.45) is 103 Å². The molecule has 2 saturated heterocycles. The normalized spacial score (nSPS) is 18.8. The van der Waals surface area contributed by atoms with Gasteiger partial charge in [0, 0.05) is 37.7 Å². The second-order valence-corrected chi connectivity index (χ2v) is 36.2. The Bertz CT molecular complexity index is 3750. The third-order valence-corrected chi connectivity index (χ3v) is 26.5. The number of primary amides is 1. The number of nitrogens with zero attached hydrogens (tertiary/aromatic N) is 4. The van der Waals surface area contributed by atoms with E-state index in [1.165, 1.54) is 9.80 Å². The Morgan fingerprint density at radius 1 is 0.313 bits per heavy atom. The van der Waals surface area contributed by atoms with Gasteiger partial charge >= 0.3 is 0 Å². The number of carbonyl (C=O) groups is 16. The first-order valence-corrected chi connectivity index (χ1v) is 48.5. The van der Waals surface area contributed by atoms with Gasteiger partial charge in [-0.3, -0.25) is 86.7 Å². The number of thiol groups is 2. The molecule has 0 saturated carbocycles. The predicted molar refractivity (Wildman–Crippen MR) is 511 cm³/mol. The summed E-state index contributed by atoms with van der Waals surface area (Å²) < 4.78 is 0. The van der Waals surface area contributed by atoms with Crippen LogP contribution in [0.5, 0.6) is 0 Å². The molecule has 41 nitrogen and oxygen atoms in total. The molecule has 24 atom stereocenters. The molecule has 2 fully saturated rings. The lowest BCUT2D eigenvalue weighted by Gasteiger charge is -2.33. The van der Waals surface area contributed by atoms with Crippen molar-refractivity contribution in [1.82, 2.24) is 78.9 Å². The minimum atomic E-state index is -1.48. The predicted octanol–water partition coefficient (Wildman–Crippen LogP) is -1.32. The number of aliphatic imine (C=N–C) groups is 2. The maximum Gasteiger partial charge on any atom is 0.245 e. The summed E-state index contributed by atoms with van der Waals surface area (Å²) >= 11 is 8.86. The Kier molecular flexibility index (Phi) is 55.2. The van der Waals surface area contributed by atoms with Gasteiger partial charge in [-0.1, -0.05) is 162 Å². The quantitative estimate of drug-likeness (QED) is 0.0145. The van der Waals surface area contributed by atoms with E-state index in [9.17, 15) is 71.9 Å². The average molecular weight is 1890 g/mol. The summed E-state index contributed by atoms with van der Waals surface area (Å²) in [5.74, 6) is -16.2. The summed E-state index contributed by atoms with van der Waals surface area (Å²) in [5, 5.41) is 36.1. The molecular weight excluding hydrogens is 1730 g/mol. The molecule has 43 heteroatoms. The molecule has 29 N–H and O–H groups in total. The van der Waals surface area contributed by atoms with Gasteiger partial charge in [0.25, 0.3) is 0 Å². The van der Waals surface area contributed by atoms with Crippen LogP contribution in [-0.4, -0.2) is 264 Å². The minimum Gasteiger partial charge on any atom is -0.370 e. The molecule has 2 rings (SSSR count). The third kappa shape index (κ3) is 38.3. The lowest BCUT2D eigenvalue weighted by atomic mass is 9.93. The van der Waals surface area contributed by atoms with E-state index in [-0.39, 0.29) is 132 Å². The number of hydrogen-bond acceptors (Lipinski definition) is 23. The van der Waals surface area contributed by atoms with Crippen LogP contribution in [0.25, 0.3) is 0 Å². The van der Waals surface area contributed by atoms with E-state index in [1.807, 2.05) is 48.5 Å². The van der Waals surface area contributed by atoms with Gasteiger partial charge in [-0.2, -0.15) is 25.3 Å². The zero-order chi connectivity index (χ0) is 99.2. The number of rotatable bonds is 63. The molecule has 0 bridgehead atoms. The lowest BCUT2D eigenvalue weighted by molar-refractivity contribution is -0.143. The van der Waals surface area contributed by atoms with Gasteiger partial charge in [-0.25, -0.2) is 0 Å². The van der Waals surface area contributed by atoms with Crippen LogP contribution in [0.1, 0.15) is 252 Å². The molecule has 0 aliphatic carbocycles. The molecule has 0 aromatic carbocycles. The van der Waals surface area contributed by atoms with Gasteiger partial charge in [0.1, 0.15) is 90.6 Å². The highest BCUT2D eigenvalue weighted by Gasteiger charge is 2.46. The molecule has 131 heavy (non-hydrogen) atoms. The number of carbonyl (C=O) groups excluding carboxylic acids is 16. The highest BCUT2D eigenvalue weighted by atomic mass is 32.1. The van der Waals surface area contributed by atoms with Crippen molar-refractivity contribution < 1.29 is 76.7 Å². The molecule has 16 amide bonds. The first-order chi connectivity index (χ1) is 61.9. The fourth-order valence-corrected chi connectivity index (χ4v) is 15.7. The van der Waals surface area contributed by atoms with Crippen molar-refractivity contribution in [3.05, 3.63) is 0 Å². The maximum atomic E-state index is 15.1. The molecule has 2 aliphatic rings. The lowest BCUT2D eigenvalue weighted by Crippen LogP contribution is -2.62. The summed E-state index contributed by atoms with van der Waals surface area (Å²) in [7, 11) is 0. The first kappa shape index (κ1) is 118. The number of guanidine groups is 2. The number of hydrogen-bond donors (Lipinski definition) is 23. The van der Waals surface area contributed by atoms with Crippen molar-refractivity contribution >= 4 is 132 Å². The number of amides is 16. The summed E-state index contributed by atoms with van der Waals surface area (Å²) in [6.07, 6.45) is 6.16. The Labute approximate surface area is 786 Å². The van der Waals surface area contributed by atoms with Crippen LogP contribution in [-0.2, 0) is 76.7 Å². The summed E-state index contributed by atoms with van der Waals surface area (Å²) in [6.45, 7) is 29.3. The van der Waals surface area contributed by atoms with Crippen LogP contribution in [0.4, 0.5) is 0 Å². The van der Waals surface area contributed by atoms with E-state index in [1.54, 1.807) is 62.3 Å². The largest absolute Gasteiger partial charge is 0.370 e. The third-order valence-electron chi connectivity index (χ3n) is 25.7. The van der Waals surface area contributed by atoms with Gasteiger partial charge in [0.2, 0.25) is 94.5 Å². The highest BCUT2D eigenvalue weighted by Crippen LogP contribution is 2.26. The second kappa shape index (κ2) is 61.4. The molecule has 2 heterocycles. The van der Waals surface area contributed by atoms with Gasteiger partial charge in [0.05, 0.1) is 6.04 Å². The first-order valence-electron chi connectivity index (χ1n) is 47.3. The summed E-state index contributed by atoms with van der Waals surface area (Å²) in [5.41, 5.74) is 46.4. The van der Waals surface area contributed by atoms with Crippen molar-refractivity contribution in [2.75, 3.05) is 50.8 Å². The van der Waals surface area contributed by atoms with E-state index < -0.39 is 221 Å². The van der Waals surface area contributed by atoms with Gasteiger partial charge in [0.15, 0.2) is 11.9 Å². The average Bonchev–Trinajstić information content (AvgIpc) is 1.73. The monoisotopic (exact) mass is 1890 g/mol. The fraction of sp³-hybridized carbons (Fsp3) is 0.795. The minimum absolute atomic E-state index is 0.00304. The van der Waals surface area contributed by atoms with Gasteiger partial charge in [-0.05, 0) is 150 Å². The Hall–Kier alpha value is -9.36. The van der Waals surface area contributed by atoms with Crippen LogP contribution < -0.4 is 115 Å². The van der Waals surface area contributed by atoms with E-state index in [4.69, 9.17) is 45.9 Å². The van der Waals surface area contributed by atoms with Crippen LogP contribution in [0.3, 0.4) is 0 Å². The van der Waals surface area contributed by atoms with Crippen molar-refractivity contribution in [3.63, 3.8) is 0 Å². The summed E-state index contributed by atoms with van der Waals surface area (Å²) in [6, 6.07) is -19.8. The smallest absolute Gasteiger partial charge is 0.245 e. The molecule has 748 valence electrons. The fourth-order valence-electron chi connectivity index (χ4n) is 15.2. The molecule has 0 spiro atoms. The number of nitrogens with one attached hydrogen (secondary N) is 13. The highest BCUT2D eigenvalue weighted by molar-refractivity contribution is 7.80. The second-order valence-electron chi connectivity index (χ2n) is 35.5. The topological polar surface area (TPSA) is 669 Å². The maximum absolute atomic E-state index is 15.1. The van der Waals surface area contributed by atoms with E-state index in [0.29, 0.717) is 89.9 Å². The van der Waals surface area contributed by atoms with E-state index in [2.05, 4.69) is 104 Å². The molecule has 2 aliphatic heterocycles. The zero-order valence-electron chi connectivity index (χ0n) is 80.4. The number of nitrogens with two attached hydrogens (primary N) is 8. The molecular formula is C88H163N25O16S2. The van der Waals surface area contributed by atoms with Crippen LogP contribution in [0.2, 0.25) is 0 Å². The Balaban J connectivity index is 2.54. The zero-order valence-corrected chi connectivity index (χ0v) is 82.2. The van der Waals surface area contributed by atoms with E-state index in [0.717, 1.165) is 0 Å². The van der Waals surface area contributed by atoms with E-state index >= 15 is 4.79 Å². The Morgan fingerprint density at radius 3 is 0.832 bits per heavy atom. The molecule has 0 aromatic rings. The molecule has 0 unspecified atom stereocenters. The SMILES string of the molecule is CC[C@H](C)[C@H](N)C(=O)N[C@H](C(=O)N[C@H](C(=O)N[C@@H](CS)C(=O)N[C@@H](CCCN=C(N)N)C(=O)N[C@@H](CCCCN)C(=O)N1CCC[C@H]1C(=O)N[C@H](C(=O)N[C@H](C(=O)N[C@@H](CS)C(=O)N[C@@H](CCCN=C(N)N)C(=O)N[C@@H](CCCCN)C(=O)N1CCC[C@H]1C(=O)N[C@H](C(=O)N[C@H](C(=O)N[C@H](C(N)=O)[C@@H](C)CC)[C@@H](C)CC)[C@@H](C)CC)[C@@H](C)CC)[C@@H](C)CC)[C@@H](C)CC)[C@@H](C)CC. The van der Waals surface area contributed by atoms with Crippen LogP contribution in [0, 0.1) is 47.3 Å². The van der Waals surface area contributed by atoms with Crippen molar-refractivity contribution in [1.29, 1.82) is 0 Å². The Morgan fingerprint density at radius 2 is 0.557 bits per heavy atom. The van der Waals surface area contributed by atoms with Crippen LogP contribution in [0.15, 0.2) is 9.98 Å². The molecule has 0 radical (unpaired) electrons. The number of unbranched alkanes of at least 4 members (excludes halogenated alkanes) is 2. The molecule has 0 aromatic heterocycles. The van der Waals surface area contributed by atoms with Gasteiger partial charge in [-0.15, -0.1) is 0 Å².